The Kier molecular flexibility index (Phi) is 36.9. The van der Waals surface area contributed by atoms with Gasteiger partial charge < -0.3 is 37.9 Å². The van der Waals surface area contributed by atoms with E-state index in [0.29, 0.717) is 12.8 Å². The minimum atomic E-state index is -1.49. The molecule has 1 heterocycles. The molecule has 1 saturated heterocycles. The van der Waals surface area contributed by atoms with E-state index in [-0.39, 0.29) is 19.4 Å². The third-order valence-corrected chi connectivity index (χ3v) is 10.8. The molecule has 0 unspecified atom stereocenters. The molecule has 6 atom stereocenters. The van der Waals surface area contributed by atoms with Gasteiger partial charge in [0, 0.05) is 40.5 Å². The van der Waals surface area contributed by atoms with E-state index in [4.69, 9.17) is 37.9 Å². The lowest BCUT2D eigenvalue weighted by molar-refractivity contribution is -0.311. The largest absolute Gasteiger partial charge is 0.463 e. The van der Waals surface area contributed by atoms with Gasteiger partial charge in [-0.15, -0.1) is 0 Å². The minimum Gasteiger partial charge on any atom is -0.463 e. The van der Waals surface area contributed by atoms with Gasteiger partial charge in [0.2, 0.25) is 0 Å². The number of hydrogen-bond donors (Lipinski definition) is 0. The Balaban J connectivity index is 2.86. The van der Waals surface area contributed by atoms with Crippen LogP contribution in [-0.4, -0.2) is 92.4 Å². The van der Waals surface area contributed by atoms with Crippen molar-refractivity contribution in [3.8, 4) is 0 Å². The molecule has 1 fully saturated rings. The van der Waals surface area contributed by atoms with Crippen molar-refractivity contribution in [3.63, 3.8) is 0 Å². The van der Waals surface area contributed by atoms with E-state index < -0.39 is 85.8 Å². The number of carbonyl (C=O) groups is 6. The summed E-state index contributed by atoms with van der Waals surface area (Å²) in [6.07, 6.45) is 33.1. The first-order chi connectivity index (χ1) is 32.4. The molecule has 0 aromatic carbocycles. The molecule has 0 N–H and O–H groups in total. The van der Waals surface area contributed by atoms with E-state index in [0.717, 1.165) is 111 Å². The summed E-state index contributed by atoms with van der Waals surface area (Å²) in [6.45, 7) is 7.82. The lowest BCUT2D eigenvalue weighted by atomic mass is 9.98. The third kappa shape index (κ3) is 33.8. The smallest absolute Gasteiger partial charge is 0.306 e. The molecule has 1 aliphatic heterocycles. The summed E-state index contributed by atoms with van der Waals surface area (Å²) in [5.74, 6) is -3.97. The molecule has 0 radical (unpaired) electrons. The van der Waals surface area contributed by atoms with Crippen LogP contribution in [0.15, 0.2) is 48.6 Å². The SMILES string of the molecule is CCCCC/C=C\C/C=C\CCCCCCCC(=O)OC[C@H](CO[C@@H]1O[C@H](COC(C)=O)[C@H](OC(C)=O)[C@H](OC(C)=O)[C@H]1OC(C)=O)OC(=O)CCCCCCC/C=C\C/C=C\CCCCC. The van der Waals surface area contributed by atoms with Gasteiger partial charge in [-0.1, -0.05) is 127 Å². The fourth-order valence-corrected chi connectivity index (χ4v) is 7.31. The first-order valence-electron chi connectivity index (χ1n) is 25.2. The van der Waals surface area contributed by atoms with E-state index in [1.165, 1.54) is 45.4 Å². The minimum absolute atomic E-state index is 0.139. The average molecular weight is 947 g/mol. The zero-order chi connectivity index (χ0) is 49.3. The van der Waals surface area contributed by atoms with Crippen LogP contribution in [0.5, 0.6) is 0 Å². The van der Waals surface area contributed by atoms with E-state index >= 15 is 0 Å². The van der Waals surface area contributed by atoms with Gasteiger partial charge in [0.05, 0.1) is 6.61 Å². The first kappa shape index (κ1) is 60.7. The summed E-state index contributed by atoms with van der Waals surface area (Å²) in [4.78, 5) is 74.5. The molecule has 0 aromatic heterocycles. The second kappa shape index (κ2) is 40.7. The number of allylic oxidation sites excluding steroid dienone is 8. The quantitative estimate of drug-likeness (QED) is 0.0246. The summed E-state index contributed by atoms with van der Waals surface area (Å²) >= 11 is 0. The maximum absolute atomic E-state index is 13.1. The summed E-state index contributed by atoms with van der Waals surface area (Å²) in [5, 5.41) is 0. The highest BCUT2D eigenvalue weighted by Gasteiger charge is 2.53. The molecule has 0 aromatic rings. The van der Waals surface area contributed by atoms with Gasteiger partial charge in [-0.3, -0.25) is 28.8 Å². The molecule has 67 heavy (non-hydrogen) atoms. The maximum atomic E-state index is 13.1. The Morgan fingerprint density at radius 1 is 0.463 bits per heavy atom. The van der Waals surface area contributed by atoms with Crippen LogP contribution < -0.4 is 0 Å². The summed E-state index contributed by atoms with van der Waals surface area (Å²) in [5.41, 5.74) is 0. The fourth-order valence-electron chi connectivity index (χ4n) is 7.31. The van der Waals surface area contributed by atoms with Crippen LogP contribution in [-0.2, 0) is 66.7 Å². The Bertz CT molecular complexity index is 1490. The lowest BCUT2D eigenvalue weighted by Gasteiger charge is -2.44. The molecular weight excluding hydrogens is 861 g/mol. The van der Waals surface area contributed by atoms with Crippen LogP contribution in [0.2, 0.25) is 0 Å². The van der Waals surface area contributed by atoms with E-state index in [1.807, 2.05) is 0 Å². The van der Waals surface area contributed by atoms with Crippen molar-refractivity contribution in [2.24, 2.45) is 0 Å². The predicted molar refractivity (Wildman–Crippen MR) is 257 cm³/mol. The van der Waals surface area contributed by atoms with Crippen LogP contribution in [0, 0.1) is 0 Å². The molecule has 0 spiro atoms. The van der Waals surface area contributed by atoms with Crippen molar-refractivity contribution in [3.05, 3.63) is 48.6 Å². The Labute approximate surface area is 402 Å². The zero-order valence-electron chi connectivity index (χ0n) is 41.9. The summed E-state index contributed by atoms with van der Waals surface area (Å²) < 4.78 is 45.1. The monoisotopic (exact) mass is 947 g/mol. The maximum Gasteiger partial charge on any atom is 0.306 e. The van der Waals surface area contributed by atoms with Crippen molar-refractivity contribution in [2.45, 2.75) is 232 Å². The first-order valence-corrected chi connectivity index (χ1v) is 25.2. The van der Waals surface area contributed by atoms with E-state index in [1.54, 1.807) is 0 Å². The normalized spacial score (nSPS) is 18.9. The van der Waals surface area contributed by atoms with Gasteiger partial charge in [0.15, 0.2) is 30.7 Å². The standard InChI is InChI=1S/C53H86O14/c1-7-9-11-13-15-17-19-21-23-25-27-29-31-33-35-37-48(58)61-39-46(66-49(59)38-36-34-32-30-28-26-24-22-20-18-16-14-12-10-8-2)40-62-53-52(65-45(6)57)51(64-44(5)56)50(63-43(4)55)47(67-53)41-60-42(3)54/h15-18,21-24,46-47,50-53H,7-14,19-20,25-41H2,1-6H3/b17-15-,18-16-,23-21-,24-22-/t46-,47-,50+,51+,52-,53-/m1/s1. The van der Waals surface area contributed by atoms with Crippen molar-refractivity contribution in [1.82, 2.24) is 0 Å². The molecular formula is C53H86O14. The second-order valence-electron chi connectivity index (χ2n) is 17.2. The van der Waals surface area contributed by atoms with E-state index in [2.05, 4.69) is 62.5 Å². The average Bonchev–Trinajstić information content (AvgIpc) is 3.27. The van der Waals surface area contributed by atoms with Crippen molar-refractivity contribution in [1.29, 1.82) is 0 Å². The van der Waals surface area contributed by atoms with Gasteiger partial charge in [0.25, 0.3) is 0 Å². The van der Waals surface area contributed by atoms with Gasteiger partial charge in [-0.05, 0) is 77.0 Å². The Morgan fingerprint density at radius 3 is 1.37 bits per heavy atom. The number of hydrogen-bond acceptors (Lipinski definition) is 14. The van der Waals surface area contributed by atoms with Crippen LogP contribution in [0.1, 0.15) is 196 Å². The molecule has 1 aliphatic rings. The Hall–Kier alpha value is -4.30. The highest BCUT2D eigenvalue weighted by Crippen LogP contribution is 2.30. The number of carbonyl (C=O) groups excluding carboxylic acids is 6. The molecule has 382 valence electrons. The number of esters is 6. The highest BCUT2D eigenvalue weighted by atomic mass is 16.7. The molecule has 14 heteroatoms. The second-order valence-corrected chi connectivity index (χ2v) is 17.2. The topological polar surface area (TPSA) is 176 Å². The number of unbranched alkanes of at least 4 members (excludes halogenated alkanes) is 16. The molecule has 0 amide bonds. The van der Waals surface area contributed by atoms with E-state index in [9.17, 15) is 28.8 Å². The van der Waals surface area contributed by atoms with Crippen LogP contribution in [0.3, 0.4) is 0 Å². The Morgan fingerprint density at radius 2 is 0.896 bits per heavy atom. The summed E-state index contributed by atoms with van der Waals surface area (Å²) in [6, 6.07) is 0. The highest BCUT2D eigenvalue weighted by molar-refractivity contribution is 5.70. The van der Waals surface area contributed by atoms with Crippen LogP contribution in [0.25, 0.3) is 0 Å². The lowest BCUT2D eigenvalue weighted by Crippen LogP contribution is -2.63. The van der Waals surface area contributed by atoms with Crippen LogP contribution >= 0.6 is 0 Å². The fraction of sp³-hybridized carbons (Fsp3) is 0.736. The van der Waals surface area contributed by atoms with Gasteiger partial charge in [0.1, 0.15) is 19.3 Å². The molecule has 1 rings (SSSR count). The third-order valence-electron chi connectivity index (χ3n) is 10.8. The van der Waals surface area contributed by atoms with Crippen molar-refractivity contribution in [2.75, 3.05) is 19.8 Å². The molecule has 0 aliphatic carbocycles. The van der Waals surface area contributed by atoms with Crippen LogP contribution in [0.4, 0.5) is 0 Å². The summed E-state index contributed by atoms with van der Waals surface area (Å²) in [7, 11) is 0. The van der Waals surface area contributed by atoms with Crippen molar-refractivity contribution < 1.29 is 66.7 Å². The molecule has 14 nitrogen and oxygen atoms in total. The van der Waals surface area contributed by atoms with Crippen molar-refractivity contribution >= 4 is 35.8 Å². The molecule has 0 saturated carbocycles. The predicted octanol–water partition coefficient (Wildman–Crippen LogP) is 11.2. The van der Waals surface area contributed by atoms with Gasteiger partial charge in [-0.25, -0.2) is 0 Å². The molecule has 0 bridgehead atoms. The van der Waals surface area contributed by atoms with Gasteiger partial charge in [-0.2, -0.15) is 0 Å². The van der Waals surface area contributed by atoms with Gasteiger partial charge >= 0.3 is 35.8 Å². The number of rotatable bonds is 39. The number of ether oxygens (including phenoxy) is 8. The zero-order valence-corrected chi connectivity index (χ0v) is 41.9.